The van der Waals surface area contributed by atoms with Crippen molar-refractivity contribution in [1.82, 2.24) is 10.2 Å². The molecule has 1 unspecified atom stereocenters. The first-order chi connectivity index (χ1) is 17.2. The highest BCUT2D eigenvalue weighted by atomic mass is 35.5. The van der Waals surface area contributed by atoms with Crippen LogP contribution in [0.15, 0.2) is 83.8 Å². The Morgan fingerprint density at radius 1 is 0.972 bits per heavy atom. The fourth-order valence-corrected chi connectivity index (χ4v) is 5.12. The van der Waals surface area contributed by atoms with Gasteiger partial charge >= 0.3 is 0 Å². The lowest BCUT2D eigenvalue weighted by Crippen LogP contribution is -2.50. The zero-order valence-electron chi connectivity index (χ0n) is 20.2. The molecule has 8 nitrogen and oxygen atoms in total. The zero-order chi connectivity index (χ0) is 26.3. The first kappa shape index (κ1) is 27.0. The van der Waals surface area contributed by atoms with Crippen LogP contribution in [0.3, 0.4) is 0 Å². The van der Waals surface area contributed by atoms with Gasteiger partial charge in [-0.3, -0.25) is 13.9 Å². The molecule has 0 radical (unpaired) electrons. The molecule has 0 bridgehead atoms. The van der Waals surface area contributed by atoms with E-state index in [0.717, 1.165) is 9.87 Å². The van der Waals surface area contributed by atoms with Crippen LogP contribution in [-0.2, 0) is 26.2 Å². The molecule has 0 heterocycles. The molecule has 10 heteroatoms. The van der Waals surface area contributed by atoms with Crippen LogP contribution in [0, 0.1) is 0 Å². The molecule has 3 aromatic rings. The second-order valence-corrected chi connectivity index (χ2v) is 10.3. The summed E-state index contributed by atoms with van der Waals surface area (Å²) in [6.07, 6.45) is 0. The molecule has 0 saturated carbocycles. The monoisotopic (exact) mass is 529 g/mol. The van der Waals surface area contributed by atoms with E-state index in [1.54, 1.807) is 68.6 Å². The third-order valence-electron chi connectivity index (χ3n) is 5.65. The van der Waals surface area contributed by atoms with Gasteiger partial charge in [0.1, 0.15) is 18.3 Å². The molecular formula is C26H28ClN3O5S. The summed E-state index contributed by atoms with van der Waals surface area (Å²) in [5.41, 5.74) is 1.07. The largest absolute Gasteiger partial charge is 0.497 e. The Balaban J connectivity index is 1.98. The summed E-state index contributed by atoms with van der Waals surface area (Å²) in [7, 11) is -1.09. The normalized spacial score (nSPS) is 11.9. The molecule has 0 fully saturated rings. The number of sulfonamides is 1. The molecule has 0 saturated heterocycles. The van der Waals surface area contributed by atoms with Crippen LogP contribution in [0.1, 0.15) is 12.5 Å². The van der Waals surface area contributed by atoms with E-state index in [-0.39, 0.29) is 17.3 Å². The van der Waals surface area contributed by atoms with E-state index in [9.17, 15) is 18.0 Å². The van der Waals surface area contributed by atoms with Crippen LogP contribution in [0.25, 0.3) is 0 Å². The van der Waals surface area contributed by atoms with Gasteiger partial charge in [0.2, 0.25) is 11.8 Å². The van der Waals surface area contributed by atoms with Crippen molar-refractivity contribution in [3.63, 3.8) is 0 Å². The van der Waals surface area contributed by atoms with Crippen LogP contribution in [-0.4, -0.2) is 51.9 Å². The Morgan fingerprint density at radius 2 is 1.58 bits per heavy atom. The van der Waals surface area contributed by atoms with Gasteiger partial charge < -0.3 is 15.0 Å². The van der Waals surface area contributed by atoms with Gasteiger partial charge in [0.15, 0.2) is 0 Å². The SMILES string of the molecule is CNC(=O)C(C)N(Cc1ccc(OC)cc1)C(=O)CN(c1ccccc1)S(=O)(=O)c1ccc(Cl)cc1. The molecular weight excluding hydrogens is 502 g/mol. The minimum Gasteiger partial charge on any atom is -0.497 e. The minimum absolute atomic E-state index is 0.00962. The zero-order valence-corrected chi connectivity index (χ0v) is 21.8. The number of nitrogens with zero attached hydrogens (tertiary/aromatic N) is 2. The Hall–Kier alpha value is -3.56. The summed E-state index contributed by atoms with van der Waals surface area (Å²) in [5.74, 6) is -0.257. The van der Waals surface area contributed by atoms with Gasteiger partial charge in [-0.25, -0.2) is 8.42 Å². The van der Waals surface area contributed by atoms with Crippen molar-refractivity contribution < 1.29 is 22.7 Å². The number of likely N-dealkylation sites (N-methyl/N-ethyl adjacent to an activating group) is 1. The van der Waals surface area contributed by atoms with Crippen LogP contribution >= 0.6 is 11.6 Å². The Kier molecular flexibility index (Phi) is 8.95. The Morgan fingerprint density at radius 3 is 2.14 bits per heavy atom. The van der Waals surface area contributed by atoms with E-state index < -0.39 is 28.5 Å². The van der Waals surface area contributed by atoms with Gasteiger partial charge in [-0.15, -0.1) is 0 Å². The lowest BCUT2D eigenvalue weighted by atomic mass is 10.1. The van der Waals surface area contributed by atoms with Crippen LogP contribution in [0.5, 0.6) is 5.75 Å². The van der Waals surface area contributed by atoms with Crippen molar-refractivity contribution in [3.8, 4) is 5.75 Å². The third-order valence-corrected chi connectivity index (χ3v) is 7.69. The summed E-state index contributed by atoms with van der Waals surface area (Å²) in [6.45, 7) is 1.19. The van der Waals surface area contributed by atoms with Crippen molar-refractivity contribution >= 4 is 39.1 Å². The fraction of sp³-hybridized carbons (Fsp3) is 0.231. The predicted octanol–water partition coefficient (Wildman–Crippen LogP) is 3.71. The molecule has 2 amide bonds. The van der Waals surface area contributed by atoms with E-state index in [1.807, 2.05) is 0 Å². The molecule has 36 heavy (non-hydrogen) atoms. The molecule has 190 valence electrons. The minimum atomic E-state index is -4.12. The standard InChI is InChI=1S/C26H28ClN3O5S/c1-19(26(32)28-2)29(17-20-9-13-23(35-3)14-10-20)25(31)18-30(22-7-5-4-6-8-22)36(33,34)24-15-11-21(27)12-16-24/h4-16,19H,17-18H2,1-3H3,(H,28,32). The molecule has 0 spiro atoms. The highest BCUT2D eigenvalue weighted by molar-refractivity contribution is 7.92. The van der Waals surface area contributed by atoms with Gasteiger partial charge in [0.05, 0.1) is 17.7 Å². The third kappa shape index (κ3) is 6.35. The number of carbonyl (C=O) groups excluding carboxylic acids is 2. The summed E-state index contributed by atoms with van der Waals surface area (Å²) in [4.78, 5) is 27.5. The Bertz CT molecular complexity index is 1280. The average Bonchev–Trinajstić information content (AvgIpc) is 2.90. The number of amides is 2. The second kappa shape index (κ2) is 11.9. The number of carbonyl (C=O) groups is 2. The van der Waals surface area contributed by atoms with E-state index in [1.165, 1.54) is 36.2 Å². The maximum atomic E-state index is 13.6. The maximum absolute atomic E-state index is 13.6. The highest BCUT2D eigenvalue weighted by Gasteiger charge is 2.32. The number of rotatable bonds is 10. The second-order valence-electron chi connectivity index (χ2n) is 7.96. The van der Waals surface area contributed by atoms with Crippen LogP contribution in [0.4, 0.5) is 5.69 Å². The summed E-state index contributed by atoms with van der Waals surface area (Å²) >= 11 is 5.94. The van der Waals surface area contributed by atoms with Gasteiger partial charge in [-0.1, -0.05) is 41.9 Å². The van der Waals surface area contributed by atoms with E-state index in [2.05, 4.69) is 5.32 Å². The van der Waals surface area contributed by atoms with E-state index >= 15 is 0 Å². The number of halogens is 1. The van der Waals surface area contributed by atoms with Crippen LogP contribution in [0.2, 0.25) is 5.02 Å². The summed E-state index contributed by atoms with van der Waals surface area (Å²) in [5, 5.41) is 2.94. The lowest BCUT2D eigenvalue weighted by molar-refractivity contribution is -0.139. The van der Waals surface area contributed by atoms with Crippen molar-refractivity contribution in [3.05, 3.63) is 89.4 Å². The molecule has 0 aliphatic rings. The number of methoxy groups -OCH3 is 1. The molecule has 0 aliphatic heterocycles. The van der Waals surface area contributed by atoms with E-state index in [0.29, 0.717) is 16.5 Å². The number of para-hydroxylation sites is 1. The molecule has 1 N–H and O–H groups in total. The predicted molar refractivity (Wildman–Crippen MR) is 139 cm³/mol. The van der Waals surface area contributed by atoms with Gasteiger partial charge in [-0.2, -0.15) is 0 Å². The van der Waals surface area contributed by atoms with Gasteiger partial charge in [0.25, 0.3) is 10.0 Å². The number of hydrogen-bond acceptors (Lipinski definition) is 5. The Labute approximate surface area is 216 Å². The smallest absolute Gasteiger partial charge is 0.264 e. The van der Waals surface area contributed by atoms with Crippen LogP contribution < -0.4 is 14.4 Å². The van der Waals surface area contributed by atoms with Crippen molar-refractivity contribution in [2.75, 3.05) is 25.0 Å². The number of benzene rings is 3. The van der Waals surface area contributed by atoms with Crippen molar-refractivity contribution in [1.29, 1.82) is 0 Å². The first-order valence-electron chi connectivity index (χ1n) is 11.1. The maximum Gasteiger partial charge on any atom is 0.264 e. The summed E-state index contributed by atoms with van der Waals surface area (Å²) < 4.78 is 33.4. The number of nitrogens with one attached hydrogen (secondary N) is 1. The number of hydrogen-bond donors (Lipinski definition) is 1. The number of ether oxygens (including phenoxy) is 1. The quantitative estimate of drug-likeness (QED) is 0.432. The molecule has 0 aliphatic carbocycles. The van der Waals surface area contributed by atoms with Gasteiger partial charge in [-0.05, 0) is 61.0 Å². The average molecular weight is 530 g/mol. The van der Waals surface area contributed by atoms with Crippen molar-refractivity contribution in [2.24, 2.45) is 0 Å². The molecule has 3 rings (SSSR count). The first-order valence-corrected chi connectivity index (χ1v) is 13.0. The van der Waals surface area contributed by atoms with Gasteiger partial charge in [0, 0.05) is 18.6 Å². The number of anilines is 1. The topological polar surface area (TPSA) is 96.0 Å². The van der Waals surface area contributed by atoms with Crippen molar-refractivity contribution in [2.45, 2.75) is 24.4 Å². The van der Waals surface area contributed by atoms with E-state index in [4.69, 9.17) is 16.3 Å². The molecule has 0 aromatic heterocycles. The fourth-order valence-electron chi connectivity index (χ4n) is 3.58. The molecule has 3 aromatic carbocycles. The molecule has 1 atom stereocenters. The lowest BCUT2D eigenvalue weighted by Gasteiger charge is -2.31. The summed E-state index contributed by atoms with van der Waals surface area (Å²) in [6, 6.07) is 20.3. The highest BCUT2D eigenvalue weighted by Crippen LogP contribution is 2.25.